The highest BCUT2D eigenvalue weighted by atomic mass is 32.2. The number of benzene rings is 1. The summed E-state index contributed by atoms with van der Waals surface area (Å²) in [6, 6.07) is 3.18. The highest BCUT2D eigenvalue weighted by Gasteiger charge is 2.31. The molecule has 84 valence electrons. The summed E-state index contributed by atoms with van der Waals surface area (Å²) in [5.74, 6) is -0.560. The van der Waals surface area contributed by atoms with Gasteiger partial charge in [-0.25, -0.2) is 0 Å². The number of rotatable bonds is 2. The summed E-state index contributed by atoms with van der Waals surface area (Å²) in [4.78, 5) is -0.503. The van der Waals surface area contributed by atoms with Crippen LogP contribution in [0.4, 0.5) is 13.2 Å². The maximum absolute atomic E-state index is 11.7. The van der Waals surface area contributed by atoms with Crippen molar-refractivity contribution in [3.8, 4) is 5.75 Å². The molecule has 0 unspecified atom stereocenters. The first kappa shape index (κ1) is 11.8. The zero-order valence-corrected chi connectivity index (χ0v) is 7.84. The molecule has 8 heteroatoms. The smallest absolute Gasteiger partial charge is 0.406 e. The zero-order chi connectivity index (χ0) is 11.7. The number of alkyl halides is 3. The average molecular weight is 242 g/mol. The van der Waals surface area contributed by atoms with Gasteiger partial charge in [-0.1, -0.05) is 0 Å². The molecule has 0 amide bonds. The van der Waals surface area contributed by atoms with Crippen LogP contribution < -0.4 is 4.74 Å². The molecule has 0 spiro atoms. The van der Waals surface area contributed by atoms with Crippen molar-refractivity contribution in [3.63, 3.8) is 0 Å². The lowest BCUT2D eigenvalue weighted by Gasteiger charge is -2.08. The Morgan fingerprint density at radius 3 is 1.93 bits per heavy atom. The second-order valence-corrected chi connectivity index (χ2v) is 3.92. The van der Waals surface area contributed by atoms with Crippen LogP contribution in [-0.4, -0.2) is 19.3 Å². The van der Waals surface area contributed by atoms with Gasteiger partial charge in [0.1, 0.15) is 5.75 Å². The van der Waals surface area contributed by atoms with E-state index in [9.17, 15) is 21.6 Å². The summed E-state index contributed by atoms with van der Waals surface area (Å²) in [7, 11) is -4.40. The number of halogens is 3. The number of ether oxygens (including phenoxy) is 1. The maximum atomic E-state index is 11.7. The number of hydrogen-bond acceptors (Lipinski definition) is 3. The lowest BCUT2D eigenvalue weighted by atomic mass is 10.3. The Labute approximate surface area is 83.0 Å². The van der Waals surface area contributed by atoms with E-state index in [2.05, 4.69) is 4.74 Å². The Morgan fingerprint density at radius 2 is 1.60 bits per heavy atom. The molecule has 0 aliphatic rings. The van der Waals surface area contributed by atoms with Crippen LogP contribution in [0.1, 0.15) is 0 Å². The van der Waals surface area contributed by atoms with Crippen LogP contribution in [0.3, 0.4) is 0 Å². The quantitative estimate of drug-likeness (QED) is 0.803. The molecule has 15 heavy (non-hydrogen) atoms. The predicted molar refractivity (Wildman–Crippen MR) is 42.9 cm³/mol. The minimum Gasteiger partial charge on any atom is -0.406 e. The third-order valence-electron chi connectivity index (χ3n) is 1.36. The lowest BCUT2D eigenvalue weighted by molar-refractivity contribution is -0.274. The number of hydrogen-bond donors (Lipinski definition) is 1. The van der Waals surface area contributed by atoms with Crippen molar-refractivity contribution in [1.82, 2.24) is 0 Å². The van der Waals surface area contributed by atoms with Crippen molar-refractivity contribution in [2.45, 2.75) is 11.3 Å². The normalized spacial score (nSPS) is 12.5. The fourth-order valence-corrected chi connectivity index (χ4v) is 1.29. The van der Waals surface area contributed by atoms with E-state index >= 15 is 0 Å². The summed E-state index contributed by atoms with van der Waals surface area (Å²) in [6.07, 6.45) is -4.83. The molecule has 1 rings (SSSR count). The molecule has 0 saturated carbocycles. The van der Waals surface area contributed by atoms with E-state index in [4.69, 9.17) is 4.55 Å². The van der Waals surface area contributed by atoms with Gasteiger partial charge < -0.3 is 4.74 Å². The zero-order valence-electron chi connectivity index (χ0n) is 7.02. The minimum absolute atomic E-state index is 0.503. The van der Waals surface area contributed by atoms with Gasteiger partial charge in [0.15, 0.2) is 0 Å². The Balaban J connectivity index is 2.92. The van der Waals surface area contributed by atoms with E-state index in [-0.39, 0.29) is 0 Å². The van der Waals surface area contributed by atoms with Crippen LogP contribution in [0.5, 0.6) is 5.75 Å². The summed E-state index contributed by atoms with van der Waals surface area (Å²) in [5, 5.41) is 0. The van der Waals surface area contributed by atoms with E-state index in [1.807, 2.05) is 0 Å². The van der Waals surface area contributed by atoms with Crippen LogP contribution in [0.15, 0.2) is 29.2 Å². The molecule has 1 aromatic carbocycles. The first-order chi connectivity index (χ1) is 6.68. The Kier molecular flexibility index (Phi) is 2.91. The summed E-state index contributed by atoms with van der Waals surface area (Å²) < 4.78 is 68.1. The summed E-state index contributed by atoms with van der Waals surface area (Å²) in [5.41, 5.74) is 0. The van der Waals surface area contributed by atoms with E-state index in [0.29, 0.717) is 0 Å². The van der Waals surface area contributed by atoms with Gasteiger partial charge >= 0.3 is 6.36 Å². The summed E-state index contributed by atoms with van der Waals surface area (Å²) >= 11 is 0. The Hall–Kier alpha value is -1.28. The molecule has 1 aromatic rings. The maximum Gasteiger partial charge on any atom is 0.573 e. The third-order valence-corrected chi connectivity index (χ3v) is 2.22. The van der Waals surface area contributed by atoms with Gasteiger partial charge in [0.2, 0.25) is 0 Å². The highest BCUT2D eigenvalue weighted by Crippen LogP contribution is 2.23. The first-order valence-electron chi connectivity index (χ1n) is 3.52. The molecule has 0 radical (unpaired) electrons. The molecular weight excluding hydrogens is 237 g/mol. The van der Waals surface area contributed by atoms with E-state index < -0.39 is 27.1 Å². The van der Waals surface area contributed by atoms with Crippen LogP contribution in [0, 0.1) is 0 Å². The van der Waals surface area contributed by atoms with Crippen LogP contribution in [-0.2, 0) is 10.1 Å². The monoisotopic (exact) mass is 242 g/mol. The Morgan fingerprint density at radius 1 is 1.13 bits per heavy atom. The van der Waals surface area contributed by atoms with E-state index in [1.165, 1.54) is 0 Å². The van der Waals surface area contributed by atoms with Crippen molar-refractivity contribution < 1.29 is 30.9 Å². The highest BCUT2D eigenvalue weighted by molar-refractivity contribution is 7.85. The molecule has 0 saturated heterocycles. The largest absolute Gasteiger partial charge is 0.573 e. The molecule has 0 atom stereocenters. The van der Waals surface area contributed by atoms with Crippen molar-refractivity contribution >= 4 is 10.1 Å². The summed E-state index contributed by atoms with van der Waals surface area (Å²) in [6.45, 7) is 0. The predicted octanol–water partition coefficient (Wildman–Crippen LogP) is 1.83. The molecule has 0 bridgehead atoms. The van der Waals surface area contributed by atoms with Gasteiger partial charge in [-0.2, -0.15) is 8.42 Å². The second kappa shape index (κ2) is 3.70. The first-order valence-corrected chi connectivity index (χ1v) is 4.96. The molecule has 0 heterocycles. The fourth-order valence-electron chi connectivity index (χ4n) is 0.813. The average Bonchev–Trinajstić information content (AvgIpc) is 2.00. The standard InChI is InChI=1S/C7H5F3O4S/c8-7(9,10)14-5-1-3-6(4-2-5)15(11,12)13/h1-4H,(H,11,12,13). The molecule has 1 N–H and O–H groups in total. The minimum atomic E-state index is -4.83. The molecule has 0 aliphatic heterocycles. The van der Waals surface area contributed by atoms with E-state index in [0.717, 1.165) is 24.3 Å². The molecule has 4 nitrogen and oxygen atoms in total. The Bertz CT molecular complexity index is 434. The topological polar surface area (TPSA) is 63.6 Å². The van der Waals surface area contributed by atoms with E-state index in [1.54, 1.807) is 0 Å². The molecule has 0 fully saturated rings. The van der Waals surface area contributed by atoms with Gasteiger partial charge in [0, 0.05) is 0 Å². The van der Waals surface area contributed by atoms with Crippen molar-refractivity contribution in [2.24, 2.45) is 0 Å². The SMILES string of the molecule is O=S(=O)(O)c1ccc(OC(F)(F)F)cc1. The van der Waals surface area contributed by atoms with Crippen LogP contribution in [0.2, 0.25) is 0 Å². The fraction of sp³-hybridized carbons (Fsp3) is 0.143. The van der Waals surface area contributed by atoms with Crippen molar-refractivity contribution in [1.29, 1.82) is 0 Å². The van der Waals surface area contributed by atoms with Gasteiger partial charge in [0.25, 0.3) is 10.1 Å². The van der Waals surface area contributed by atoms with Crippen LogP contribution >= 0.6 is 0 Å². The van der Waals surface area contributed by atoms with Gasteiger partial charge in [-0.3, -0.25) is 4.55 Å². The van der Waals surface area contributed by atoms with Crippen LogP contribution in [0.25, 0.3) is 0 Å². The lowest BCUT2D eigenvalue weighted by Crippen LogP contribution is -2.17. The van der Waals surface area contributed by atoms with Crippen molar-refractivity contribution in [3.05, 3.63) is 24.3 Å². The molecule has 0 aromatic heterocycles. The van der Waals surface area contributed by atoms with Gasteiger partial charge in [-0.15, -0.1) is 13.2 Å². The van der Waals surface area contributed by atoms with Gasteiger partial charge in [-0.05, 0) is 24.3 Å². The molecular formula is C7H5F3O4S. The van der Waals surface area contributed by atoms with Gasteiger partial charge in [0.05, 0.1) is 4.90 Å². The van der Waals surface area contributed by atoms with Crippen molar-refractivity contribution in [2.75, 3.05) is 0 Å². The second-order valence-electron chi connectivity index (χ2n) is 2.49. The molecule has 0 aliphatic carbocycles. The third kappa shape index (κ3) is 3.76.